The van der Waals surface area contributed by atoms with Crippen LogP contribution in [0.25, 0.3) is 0 Å². The highest BCUT2D eigenvalue weighted by molar-refractivity contribution is 14.0. The number of anilines is 1. The highest BCUT2D eigenvalue weighted by Gasteiger charge is 2.22. The largest absolute Gasteiger partial charge is 0.381 e. The van der Waals surface area contributed by atoms with Crippen molar-refractivity contribution < 1.29 is 4.74 Å². The molecule has 2 N–H and O–H groups in total. The molecule has 1 aliphatic heterocycles. The maximum Gasteiger partial charge on any atom is 0.190 e. The Balaban J connectivity index is 0.00000243. The van der Waals surface area contributed by atoms with Gasteiger partial charge in [-0.15, -0.1) is 24.0 Å². The zero-order chi connectivity index (χ0) is 17.3. The zero-order valence-corrected chi connectivity index (χ0v) is 18.2. The van der Waals surface area contributed by atoms with Crippen LogP contribution in [0.3, 0.4) is 0 Å². The second-order valence-corrected chi connectivity index (χ2v) is 7.19. The number of nitrogens with one attached hydrogen (secondary N) is 2. The predicted octanol–water partition coefficient (Wildman–Crippen LogP) is 3.11. The van der Waals surface area contributed by atoms with E-state index in [1.807, 2.05) is 7.05 Å². The second-order valence-electron chi connectivity index (χ2n) is 7.19. The van der Waals surface area contributed by atoms with Gasteiger partial charge in [-0.1, -0.05) is 18.2 Å². The van der Waals surface area contributed by atoms with E-state index in [1.54, 1.807) is 0 Å². The van der Waals surface area contributed by atoms with Gasteiger partial charge in [0.15, 0.2) is 5.96 Å². The van der Waals surface area contributed by atoms with Gasteiger partial charge in [0.2, 0.25) is 0 Å². The number of ether oxygens (including phenoxy) is 1. The molecule has 1 aliphatic carbocycles. The number of benzene rings is 1. The fourth-order valence-electron chi connectivity index (χ4n) is 3.25. The molecule has 5 nitrogen and oxygen atoms in total. The van der Waals surface area contributed by atoms with E-state index in [2.05, 4.69) is 50.9 Å². The minimum Gasteiger partial charge on any atom is -0.381 e. The van der Waals surface area contributed by atoms with Crippen molar-refractivity contribution in [3.05, 3.63) is 30.3 Å². The maximum atomic E-state index is 5.66. The van der Waals surface area contributed by atoms with Gasteiger partial charge in [0, 0.05) is 52.1 Å². The summed E-state index contributed by atoms with van der Waals surface area (Å²) in [7, 11) is 1.84. The summed E-state index contributed by atoms with van der Waals surface area (Å²) < 4.78 is 5.66. The number of hydrogen-bond donors (Lipinski definition) is 2. The number of hydrogen-bond acceptors (Lipinski definition) is 3. The lowest BCUT2D eigenvalue weighted by atomic mass is 10.1. The Kier molecular flexibility index (Phi) is 9.53. The topological polar surface area (TPSA) is 48.9 Å². The van der Waals surface area contributed by atoms with E-state index >= 15 is 0 Å². The van der Waals surface area contributed by atoms with Crippen molar-refractivity contribution in [1.29, 1.82) is 0 Å². The van der Waals surface area contributed by atoms with Gasteiger partial charge in [-0.3, -0.25) is 4.99 Å². The van der Waals surface area contributed by atoms with Crippen LogP contribution in [0.2, 0.25) is 0 Å². The molecular formula is C20H33IN4O. The lowest BCUT2D eigenvalue weighted by molar-refractivity contribution is 0.123. The van der Waals surface area contributed by atoms with Gasteiger partial charge in [0.05, 0.1) is 0 Å². The number of halogens is 1. The van der Waals surface area contributed by atoms with Crippen molar-refractivity contribution in [2.75, 3.05) is 51.3 Å². The molecule has 0 bridgehead atoms. The minimum absolute atomic E-state index is 0. The molecule has 1 heterocycles. The SMILES string of the molecule is CN=C(NCCCOCC1CC1)NCC1CCN(c2ccccc2)C1.I. The molecule has 0 aromatic heterocycles. The molecule has 1 unspecified atom stereocenters. The highest BCUT2D eigenvalue weighted by atomic mass is 127. The Morgan fingerprint density at radius 1 is 1.15 bits per heavy atom. The summed E-state index contributed by atoms with van der Waals surface area (Å²) in [5, 5.41) is 6.86. The Morgan fingerprint density at radius 3 is 2.69 bits per heavy atom. The summed E-state index contributed by atoms with van der Waals surface area (Å²) >= 11 is 0. The minimum atomic E-state index is 0. The van der Waals surface area contributed by atoms with E-state index in [-0.39, 0.29) is 24.0 Å². The van der Waals surface area contributed by atoms with Gasteiger partial charge >= 0.3 is 0 Å². The fourth-order valence-corrected chi connectivity index (χ4v) is 3.25. The van der Waals surface area contributed by atoms with Gasteiger partial charge in [0.1, 0.15) is 0 Å². The van der Waals surface area contributed by atoms with Crippen LogP contribution < -0.4 is 15.5 Å². The van der Waals surface area contributed by atoms with E-state index < -0.39 is 0 Å². The van der Waals surface area contributed by atoms with Gasteiger partial charge < -0.3 is 20.3 Å². The maximum absolute atomic E-state index is 5.66. The third kappa shape index (κ3) is 7.31. The fraction of sp³-hybridized carbons (Fsp3) is 0.650. The zero-order valence-electron chi connectivity index (χ0n) is 15.8. The molecule has 26 heavy (non-hydrogen) atoms. The molecular weight excluding hydrogens is 439 g/mol. The number of para-hydroxylation sites is 1. The molecule has 1 aromatic rings. The van der Waals surface area contributed by atoms with Crippen molar-refractivity contribution in [2.45, 2.75) is 25.7 Å². The van der Waals surface area contributed by atoms with Gasteiger partial charge in [0.25, 0.3) is 0 Å². The molecule has 1 atom stereocenters. The van der Waals surface area contributed by atoms with Crippen LogP contribution in [0.4, 0.5) is 5.69 Å². The van der Waals surface area contributed by atoms with E-state index in [9.17, 15) is 0 Å². The van der Waals surface area contributed by atoms with E-state index in [1.165, 1.54) is 24.9 Å². The van der Waals surface area contributed by atoms with E-state index in [0.29, 0.717) is 5.92 Å². The first-order valence-corrected chi connectivity index (χ1v) is 9.67. The molecule has 0 amide bonds. The molecule has 2 aliphatic rings. The smallest absolute Gasteiger partial charge is 0.190 e. The molecule has 6 heteroatoms. The van der Waals surface area contributed by atoms with Gasteiger partial charge in [-0.2, -0.15) is 0 Å². The first-order valence-electron chi connectivity index (χ1n) is 9.67. The highest BCUT2D eigenvalue weighted by Crippen LogP contribution is 2.28. The number of nitrogens with zero attached hydrogens (tertiary/aromatic N) is 2. The van der Waals surface area contributed by atoms with E-state index in [0.717, 1.165) is 57.7 Å². The Morgan fingerprint density at radius 2 is 1.96 bits per heavy atom. The van der Waals surface area contributed by atoms with Gasteiger partial charge in [-0.05, 0) is 49.7 Å². The number of guanidine groups is 1. The van der Waals surface area contributed by atoms with Crippen LogP contribution in [0, 0.1) is 11.8 Å². The number of rotatable bonds is 9. The average molecular weight is 472 g/mol. The summed E-state index contributed by atoms with van der Waals surface area (Å²) in [5.74, 6) is 2.42. The molecule has 0 spiro atoms. The van der Waals surface area contributed by atoms with Crippen LogP contribution in [-0.4, -0.2) is 52.4 Å². The van der Waals surface area contributed by atoms with E-state index in [4.69, 9.17) is 4.74 Å². The van der Waals surface area contributed by atoms with Crippen LogP contribution in [-0.2, 0) is 4.74 Å². The lowest BCUT2D eigenvalue weighted by Crippen LogP contribution is -2.40. The standard InChI is InChI=1S/C20H32N4O.HI/c1-21-20(22-11-5-13-25-16-17-8-9-17)23-14-18-10-12-24(15-18)19-6-3-2-4-7-19;/h2-4,6-7,17-18H,5,8-16H2,1H3,(H2,21,22,23);1H. The van der Waals surface area contributed by atoms with Crippen LogP contribution >= 0.6 is 24.0 Å². The monoisotopic (exact) mass is 472 g/mol. The lowest BCUT2D eigenvalue weighted by Gasteiger charge is -2.19. The molecule has 0 radical (unpaired) electrons. The van der Waals surface area contributed by atoms with Crippen molar-refractivity contribution >= 4 is 35.6 Å². The summed E-state index contributed by atoms with van der Waals surface area (Å²) in [6.07, 6.45) is 4.97. The molecule has 1 saturated heterocycles. The van der Waals surface area contributed by atoms with Gasteiger partial charge in [-0.25, -0.2) is 0 Å². The molecule has 146 valence electrons. The summed E-state index contributed by atoms with van der Waals surface area (Å²) in [6, 6.07) is 10.7. The first kappa shape index (κ1) is 21.3. The third-order valence-electron chi connectivity index (χ3n) is 5.00. The summed E-state index contributed by atoms with van der Waals surface area (Å²) in [6.45, 7) is 5.93. The molecule has 1 aromatic carbocycles. The Labute approximate surface area is 175 Å². The molecule has 1 saturated carbocycles. The Hall–Kier alpha value is -1.02. The summed E-state index contributed by atoms with van der Waals surface area (Å²) in [4.78, 5) is 6.79. The molecule has 3 rings (SSSR count). The normalized spacial score (nSPS) is 20.0. The van der Waals surface area contributed by atoms with Crippen LogP contribution in [0.5, 0.6) is 0 Å². The van der Waals surface area contributed by atoms with Crippen molar-refractivity contribution in [1.82, 2.24) is 10.6 Å². The Bertz CT molecular complexity index is 536. The second kappa shape index (κ2) is 11.6. The summed E-state index contributed by atoms with van der Waals surface area (Å²) in [5.41, 5.74) is 1.33. The van der Waals surface area contributed by atoms with Crippen molar-refractivity contribution in [3.63, 3.8) is 0 Å². The number of aliphatic imine (C=N–C) groups is 1. The molecule has 2 fully saturated rings. The predicted molar refractivity (Wildman–Crippen MR) is 120 cm³/mol. The first-order chi connectivity index (χ1) is 12.3. The third-order valence-corrected chi connectivity index (χ3v) is 5.00. The van der Waals surface area contributed by atoms with Crippen molar-refractivity contribution in [3.8, 4) is 0 Å². The van der Waals surface area contributed by atoms with Crippen molar-refractivity contribution in [2.24, 2.45) is 16.8 Å². The van der Waals surface area contributed by atoms with Crippen LogP contribution in [0.15, 0.2) is 35.3 Å². The van der Waals surface area contributed by atoms with Crippen LogP contribution in [0.1, 0.15) is 25.7 Å². The quantitative estimate of drug-likeness (QED) is 0.251. The average Bonchev–Trinajstić information content (AvgIpc) is 3.36.